The van der Waals surface area contributed by atoms with Crippen LogP contribution in [0.15, 0.2) is 0 Å². The minimum atomic E-state index is -1.68. The zero-order chi connectivity index (χ0) is 11.7. The molecule has 0 aromatic carbocycles. The molecule has 1 unspecified atom stereocenters. The van der Waals surface area contributed by atoms with Gasteiger partial charge in [-0.2, -0.15) is 0 Å². The van der Waals surface area contributed by atoms with Crippen LogP contribution in [0.3, 0.4) is 0 Å². The minimum absolute atomic E-state index is 0.391. The van der Waals surface area contributed by atoms with Crippen LogP contribution in [-0.4, -0.2) is 65.4 Å². The number of urea groups is 1. The van der Waals surface area contributed by atoms with Crippen LogP contribution in [0, 0.1) is 0 Å². The van der Waals surface area contributed by atoms with Crippen molar-refractivity contribution < 1.29 is 24.1 Å². The van der Waals surface area contributed by atoms with Crippen LogP contribution in [0.1, 0.15) is 6.42 Å². The highest BCUT2D eigenvalue weighted by Gasteiger charge is 2.48. The number of nitrogens with zero attached hydrogens (tertiary/aromatic N) is 1. The van der Waals surface area contributed by atoms with E-state index in [-0.39, 0.29) is 0 Å². The number of carbonyl (C=O) groups is 1. The molecular weight excluding hydrogens is 219 g/mol. The Bertz CT molecular complexity index is 278. The summed E-state index contributed by atoms with van der Waals surface area (Å²) >= 11 is 0. The normalized spacial score (nSPS) is 39.9. The number of nitrogens with one attached hydrogen (secondary N) is 1. The topological polar surface area (TPSA) is 82.0 Å². The van der Waals surface area contributed by atoms with Gasteiger partial charge in [-0.15, -0.1) is 0 Å². The van der Waals surface area contributed by atoms with E-state index in [1.54, 1.807) is 0 Å². The van der Waals surface area contributed by atoms with Gasteiger partial charge in [0.2, 0.25) is 0 Å². The molecule has 0 spiro atoms. The Morgan fingerprint density at radius 1 is 1.62 bits per heavy atom. The lowest BCUT2D eigenvalue weighted by Gasteiger charge is -2.32. The van der Waals surface area contributed by atoms with Crippen LogP contribution in [0.25, 0.3) is 0 Å². The van der Waals surface area contributed by atoms with E-state index in [9.17, 15) is 14.3 Å². The maximum Gasteiger partial charge on any atom is 0.319 e. The first-order valence-electron chi connectivity index (χ1n) is 5.28. The van der Waals surface area contributed by atoms with Gasteiger partial charge in [-0.3, -0.25) is 4.90 Å². The fraction of sp³-hybridized carbons (Fsp3) is 0.889. The fourth-order valence-corrected chi connectivity index (χ4v) is 2.00. The molecule has 0 saturated carbocycles. The summed E-state index contributed by atoms with van der Waals surface area (Å²) in [5.74, 6) is 0. The van der Waals surface area contributed by atoms with Crippen LogP contribution in [0.2, 0.25) is 0 Å². The molecule has 0 aliphatic carbocycles. The molecule has 92 valence electrons. The molecule has 6 nitrogen and oxygen atoms in total. The predicted octanol–water partition coefficient (Wildman–Crippen LogP) is -1.18. The van der Waals surface area contributed by atoms with E-state index in [1.807, 2.05) is 0 Å². The van der Waals surface area contributed by atoms with E-state index in [2.05, 4.69) is 5.32 Å². The van der Waals surface area contributed by atoms with E-state index in [1.165, 1.54) is 4.90 Å². The van der Waals surface area contributed by atoms with Crippen LogP contribution < -0.4 is 5.32 Å². The molecule has 2 amide bonds. The average molecular weight is 234 g/mol. The Hall–Kier alpha value is -0.920. The summed E-state index contributed by atoms with van der Waals surface area (Å²) in [5.41, 5.74) is 0. The third-order valence-corrected chi connectivity index (χ3v) is 2.89. The van der Waals surface area contributed by atoms with Crippen molar-refractivity contribution in [3.05, 3.63) is 0 Å². The standard InChI is InChI=1S/C9H15FN2O4/c10-6-7(14)5(4-13)16-8(6)12-3-1-2-11-9(12)15/h5-8,13-14H,1-4H2,(H,11,15)/t5-,6-,7-,8?/m1/s1. The molecule has 4 atom stereocenters. The smallest absolute Gasteiger partial charge is 0.319 e. The lowest BCUT2D eigenvalue weighted by molar-refractivity contribution is -0.0730. The van der Waals surface area contributed by atoms with E-state index in [0.29, 0.717) is 19.5 Å². The lowest BCUT2D eigenvalue weighted by atomic mass is 10.1. The van der Waals surface area contributed by atoms with Crippen molar-refractivity contribution in [1.29, 1.82) is 0 Å². The van der Waals surface area contributed by atoms with Crippen molar-refractivity contribution in [2.45, 2.75) is 31.0 Å². The second-order valence-electron chi connectivity index (χ2n) is 3.96. The average Bonchev–Trinajstić information content (AvgIpc) is 2.57. The zero-order valence-corrected chi connectivity index (χ0v) is 8.67. The molecule has 2 fully saturated rings. The molecule has 16 heavy (non-hydrogen) atoms. The number of rotatable bonds is 2. The van der Waals surface area contributed by atoms with Crippen molar-refractivity contribution in [3.63, 3.8) is 0 Å². The fourth-order valence-electron chi connectivity index (χ4n) is 2.00. The number of amides is 2. The summed E-state index contributed by atoms with van der Waals surface area (Å²) in [7, 11) is 0. The van der Waals surface area contributed by atoms with Gasteiger partial charge in [0, 0.05) is 13.1 Å². The Labute approximate surface area is 92.0 Å². The van der Waals surface area contributed by atoms with Crippen molar-refractivity contribution in [2.75, 3.05) is 19.7 Å². The van der Waals surface area contributed by atoms with Gasteiger partial charge < -0.3 is 20.3 Å². The van der Waals surface area contributed by atoms with E-state index in [4.69, 9.17) is 9.84 Å². The summed E-state index contributed by atoms with van der Waals surface area (Å²) < 4.78 is 18.8. The van der Waals surface area contributed by atoms with Gasteiger partial charge in [0.1, 0.15) is 12.2 Å². The predicted molar refractivity (Wildman–Crippen MR) is 51.4 cm³/mol. The summed E-state index contributed by atoms with van der Waals surface area (Å²) in [6, 6.07) is -0.398. The molecule has 0 bridgehead atoms. The highest BCUT2D eigenvalue weighted by atomic mass is 19.1. The molecule has 3 N–H and O–H groups in total. The van der Waals surface area contributed by atoms with Gasteiger partial charge in [-0.25, -0.2) is 9.18 Å². The van der Waals surface area contributed by atoms with Gasteiger partial charge in [-0.1, -0.05) is 0 Å². The second kappa shape index (κ2) is 4.52. The first-order chi connectivity index (χ1) is 7.65. The van der Waals surface area contributed by atoms with Crippen LogP contribution in [-0.2, 0) is 4.74 Å². The lowest BCUT2D eigenvalue weighted by Crippen LogP contribution is -2.54. The number of alkyl halides is 1. The van der Waals surface area contributed by atoms with Gasteiger partial charge >= 0.3 is 6.03 Å². The molecule has 2 aliphatic rings. The zero-order valence-electron chi connectivity index (χ0n) is 8.67. The van der Waals surface area contributed by atoms with Crippen LogP contribution in [0.5, 0.6) is 0 Å². The Balaban J connectivity index is 2.06. The molecule has 2 heterocycles. The van der Waals surface area contributed by atoms with Crippen molar-refractivity contribution in [3.8, 4) is 0 Å². The van der Waals surface area contributed by atoms with E-state index < -0.39 is 37.2 Å². The van der Waals surface area contributed by atoms with Crippen LogP contribution >= 0.6 is 0 Å². The number of halogens is 1. The number of ether oxygens (including phenoxy) is 1. The Morgan fingerprint density at radius 3 is 2.94 bits per heavy atom. The van der Waals surface area contributed by atoms with Gasteiger partial charge in [0.05, 0.1) is 6.61 Å². The van der Waals surface area contributed by atoms with Crippen LogP contribution in [0.4, 0.5) is 9.18 Å². The summed E-state index contributed by atoms with van der Waals surface area (Å²) in [4.78, 5) is 12.7. The summed E-state index contributed by atoms with van der Waals surface area (Å²) in [6.07, 6.45) is -4.43. The van der Waals surface area contributed by atoms with Crippen molar-refractivity contribution in [2.24, 2.45) is 0 Å². The third kappa shape index (κ3) is 1.85. The highest BCUT2D eigenvalue weighted by Crippen LogP contribution is 2.27. The minimum Gasteiger partial charge on any atom is -0.394 e. The van der Waals surface area contributed by atoms with Crippen molar-refractivity contribution >= 4 is 6.03 Å². The van der Waals surface area contributed by atoms with Gasteiger partial charge in [0.25, 0.3) is 0 Å². The number of hydrogen-bond donors (Lipinski definition) is 3. The van der Waals surface area contributed by atoms with Gasteiger partial charge in [-0.05, 0) is 6.42 Å². The first kappa shape index (κ1) is 11.6. The largest absolute Gasteiger partial charge is 0.394 e. The quantitative estimate of drug-likeness (QED) is 0.561. The number of carbonyl (C=O) groups excluding carboxylic acids is 1. The maximum atomic E-state index is 13.7. The number of aliphatic hydroxyl groups is 2. The second-order valence-corrected chi connectivity index (χ2v) is 3.96. The first-order valence-corrected chi connectivity index (χ1v) is 5.28. The molecule has 7 heteroatoms. The molecule has 2 rings (SSSR count). The molecule has 0 aromatic heterocycles. The summed E-state index contributed by atoms with van der Waals surface area (Å²) in [6.45, 7) is 0.486. The number of aliphatic hydroxyl groups excluding tert-OH is 2. The van der Waals surface area contributed by atoms with E-state index >= 15 is 0 Å². The Kier molecular flexibility index (Phi) is 3.27. The SMILES string of the molecule is O=C1NCCCN1C1O[C@H](CO)[C@@H](O)[C@H]1F. The molecular formula is C9H15FN2O4. The Morgan fingerprint density at radius 2 is 2.38 bits per heavy atom. The molecule has 0 radical (unpaired) electrons. The van der Waals surface area contributed by atoms with E-state index in [0.717, 1.165) is 0 Å². The third-order valence-electron chi connectivity index (χ3n) is 2.89. The molecule has 2 aliphatic heterocycles. The highest BCUT2D eigenvalue weighted by molar-refractivity contribution is 5.75. The monoisotopic (exact) mass is 234 g/mol. The summed E-state index contributed by atoms with van der Waals surface area (Å²) in [5, 5.41) is 20.9. The molecule has 0 aromatic rings. The molecule has 2 saturated heterocycles. The van der Waals surface area contributed by atoms with Gasteiger partial charge in [0.15, 0.2) is 12.4 Å². The maximum absolute atomic E-state index is 13.7. The number of hydrogen-bond acceptors (Lipinski definition) is 4. The van der Waals surface area contributed by atoms with Crippen molar-refractivity contribution in [1.82, 2.24) is 10.2 Å².